The second kappa shape index (κ2) is 7.99. The lowest BCUT2D eigenvalue weighted by Gasteiger charge is -2.27. The zero-order valence-corrected chi connectivity index (χ0v) is 16.3. The maximum Gasteiger partial charge on any atom is 0.272 e. The molecule has 0 spiro atoms. The van der Waals surface area contributed by atoms with Crippen molar-refractivity contribution in [3.8, 4) is 18.1 Å². The first-order valence-electron chi connectivity index (χ1n) is 7.87. The molecule has 0 radical (unpaired) electrons. The molecule has 0 aliphatic rings. The summed E-state index contributed by atoms with van der Waals surface area (Å²) in [6.07, 6.45) is 9.66. The molecule has 1 unspecified atom stereocenters. The largest absolute Gasteiger partial charge is 0.470 e. The van der Waals surface area contributed by atoms with Crippen LogP contribution in [-0.2, 0) is 4.79 Å². The van der Waals surface area contributed by atoms with E-state index in [9.17, 15) is 4.79 Å². The fourth-order valence-corrected chi connectivity index (χ4v) is 2.89. The Morgan fingerprint density at radius 1 is 1.48 bits per heavy atom. The van der Waals surface area contributed by atoms with Crippen molar-refractivity contribution in [2.75, 3.05) is 6.26 Å². The van der Waals surface area contributed by atoms with Gasteiger partial charge in [-0.3, -0.25) is 9.78 Å². The van der Waals surface area contributed by atoms with Crippen LogP contribution in [0, 0.1) is 12.3 Å². The number of amides is 1. The number of halogens is 1. The highest BCUT2D eigenvalue weighted by molar-refractivity contribution is 7.99. The number of fused-ring (bicyclic) bond motifs is 1. The second-order valence-electron chi connectivity index (χ2n) is 6.26. The number of hydrogen-bond donors (Lipinski definition) is 1. The van der Waals surface area contributed by atoms with Crippen LogP contribution in [-0.4, -0.2) is 28.1 Å². The van der Waals surface area contributed by atoms with E-state index < -0.39 is 5.44 Å². The summed E-state index contributed by atoms with van der Waals surface area (Å²) < 4.78 is 5.87. The van der Waals surface area contributed by atoms with Crippen molar-refractivity contribution in [3.05, 3.63) is 35.0 Å². The van der Waals surface area contributed by atoms with Gasteiger partial charge in [0.25, 0.3) is 5.91 Å². The number of pyridine rings is 1. The zero-order chi connectivity index (χ0) is 18.6. The summed E-state index contributed by atoms with van der Waals surface area (Å²) in [4.78, 5) is 16.7. The fourth-order valence-electron chi connectivity index (χ4n) is 2.14. The molecule has 1 N–H and O–H groups in total. The van der Waals surface area contributed by atoms with E-state index in [4.69, 9.17) is 22.8 Å². The SMILES string of the molecule is C#Cc1cnc2c(Cl)cc(OC(SC)C(=O)NC(C)(C)CC)cc2c1. The van der Waals surface area contributed by atoms with E-state index in [2.05, 4.69) is 16.2 Å². The summed E-state index contributed by atoms with van der Waals surface area (Å²) >= 11 is 7.61. The Labute approximate surface area is 157 Å². The maximum atomic E-state index is 12.5. The topological polar surface area (TPSA) is 51.2 Å². The number of rotatable bonds is 6. The Morgan fingerprint density at radius 3 is 2.80 bits per heavy atom. The van der Waals surface area contributed by atoms with Gasteiger partial charge in [0.15, 0.2) is 0 Å². The summed E-state index contributed by atoms with van der Waals surface area (Å²) in [5.41, 5.74) is 0.333. The normalized spacial score (nSPS) is 12.5. The Morgan fingerprint density at radius 2 is 2.20 bits per heavy atom. The van der Waals surface area contributed by atoms with E-state index in [1.54, 1.807) is 18.3 Å². The van der Waals surface area contributed by atoms with Crippen molar-refractivity contribution in [2.45, 2.75) is 38.2 Å². The molecule has 1 amide bonds. The van der Waals surface area contributed by atoms with Crippen molar-refractivity contribution < 1.29 is 9.53 Å². The number of thioether (sulfide) groups is 1. The molecular weight excluding hydrogens is 356 g/mol. The summed E-state index contributed by atoms with van der Waals surface area (Å²) in [6.45, 7) is 5.97. The van der Waals surface area contributed by atoms with Crippen LogP contribution in [0.3, 0.4) is 0 Å². The lowest BCUT2D eigenvalue weighted by Crippen LogP contribution is -2.48. The van der Waals surface area contributed by atoms with Gasteiger partial charge in [-0.25, -0.2) is 0 Å². The van der Waals surface area contributed by atoms with Crippen molar-refractivity contribution in [3.63, 3.8) is 0 Å². The summed E-state index contributed by atoms with van der Waals surface area (Å²) in [5, 5.41) is 4.21. The average molecular weight is 377 g/mol. The third kappa shape index (κ3) is 4.81. The van der Waals surface area contributed by atoms with Crippen LogP contribution in [0.15, 0.2) is 24.4 Å². The molecule has 1 aromatic heterocycles. The summed E-state index contributed by atoms with van der Waals surface area (Å²) in [6, 6.07) is 5.26. The minimum absolute atomic E-state index is 0.175. The molecule has 1 atom stereocenters. The highest BCUT2D eigenvalue weighted by Gasteiger charge is 2.25. The van der Waals surface area contributed by atoms with Crippen molar-refractivity contribution >= 4 is 40.2 Å². The molecule has 132 valence electrons. The first-order valence-corrected chi connectivity index (χ1v) is 9.53. The Kier molecular flexibility index (Phi) is 6.21. The van der Waals surface area contributed by atoms with Crippen LogP contribution >= 0.6 is 23.4 Å². The fraction of sp³-hybridized carbons (Fsp3) is 0.368. The van der Waals surface area contributed by atoms with Gasteiger partial charge < -0.3 is 10.1 Å². The molecule has 6 heteroatoms. The van der Waals surface area contributed by atoms with Gasteiger partial charge in [0, 0.05) is 28.8 Å². The Balaban J connectivity index is 2.28. The van der Waals surface area contributed by atoms with Crippen LogP contribution in [0.5, 0.6) is 5.75 Å². The zero-order valence-electron chi connectivity index (χ0n) is 14.7. The van der Waals surface area contributed by atoms with E-state index in [1.807, 2.05) is 33.1 Å². The number of carbonyl (C=O) groups is 1. The molecule has 1 heterocycles. The van der Waals surface area contributed by atoms with Crippen LogP contribution in [0.25, 0.3) is 10.9 Å². The van der Waals surface area contributed by atoms with Crippen molar-refractivity contribution in [1.29, 1.82) is 0 Å². The predicted octanol–water partition coefficient (Wildman–Crippen LogP) is 4.24. The number of nitrogens with zero attached hydrogens (tertiary/aromatic N) is 1. The molecule has 0 bridgehead atoms. The van der Waals surface area contributed by atoms with Crippen LogP contribution in [0.2, 0.25) is 5.02 Å². The van der Waals surface area contributed by atoms with Crippen LogP contribution in [0.4, 0.5) is 0 Å². The number of ether oxygens (including phenoxy) is 1. The second-order valence-corrected chi connectivity index (χ2v) is 7.56. The van der Waals surface area contributed by atoms with Crippen molar-refractivity contribution in [2.24, 2.45) is 0 Å². The van der Waals surface area contributed by atoms with Gasteiger partial charge in [-0.1, -0.05) is 24.4 Å². The molecule has 0 aliphatic carbocycles. The summed E-state index contributed by atoms with van der Waals surface area (Å²) in [7, 11) is 0. The average Bonchev–Trinajstić information content (AvgIpc) is 2.58. The smallest absolute Gasteiger partial charge is 0.272 e. The molecule has 0 fully saturated rings. The molecule has 2 rings (SSSR count). The number of terminal acetylenes is 1. The van der Waals surface area contributed by atoms with Gasteiger partial charge in [-0.05, 0) is 38.7 Å². The number of benzene rings is 1. The maximum absolute atomic E-state index is 12.5. The van der Waals surface area contributed by atoms with E-state index >= 15 is 0 Å². The van der Waals surface area contributed by atoms with Gasteiger partial charge in [0.1, 0.15) is 5.75 Å². The third-order valence-corrected chi connectivity index (χ3v) is 4.92. The molecule has 0 aliphatic heterocycles. The molecule has 1 aromatic carbocycles. The quantitative estimate of drug-likeness (QED) is 0.605. The van der Waals surface area contributed by atoms with E-state index in [1.165, 1.54) is 11.8 Å². The van der Waals surface area contributed by atoms with Crippen LogP contribution < -0.4 is 10.1 Å². The van der Waals surface area contributed by atoms with Gasteiger partial charge in [-0.15, -0.1) is 18.2 Å². The minimum atomic E-state index is -0.678. The highest BCUT2D eigenvalue weighted by Crippen LogP contribution is 2.30. The van der Waals surface area contributed by atoms with Gasteiger partial charge in [0.05, 0.1) is 10.5 Å². The number of nitrogens with one attached hydrogen (secondary N) is 1. The van der Waals surface area contributed by atoms with Gasteiger partial charge in [0.2, 0.25) is 5.44 Å². The Hall–Kier alpha value is -1.90. The first-order chi connectivity index (χ1) is 11.8. The molecular formula is C19H21ClN2O2S. The van der Waals surface area contributed by atoms with Gasteiger partial charge in [-0.2, -0.15) is 0 Å². The monoisotopic (exact) mass is 376 g/mol. The third-order valence-electron chi connectivity index (χ3n) is 3.89. The lowest BCUT2D eigenvalue weighted by molar-refractivity contribution is -0.126. The van der Waals surface area contributed by atoms with E-state index in [0.717, 1.165) is 11.8 Å². The number of aromatic nitrogens is 1. The van der Waals surface area contributed by atoms with Gasteiger partial charge >= 0.3 is 0 Å². The molecule has 0 saturated heterocycles. The minimum Gasteiger partial charge on any atom is -0.470 e. The predicted molar refractivity (Wildman–Crippen MR) is 105 cm³/mol. The molecule has 2 aromatic rings. The lowest BCUT2D eigenvalue weighted by atomic mass is 10.0. The van der Waals surface area contributed by atoms with E-state index in [-0.39, 0.29) is 11.4 Å². The molecule has 4 nitrogen and oxygen atoms in total. The summed E-state index contributed by atoms with van der Waals surface area (Å²) in [5.74, 6) is 2.87. The number of hydrogen-bond acceptors (Lipinski definition) is 4. The molecule has 0 saturated carbocycles. The standard InChI is InChI=1S/C19H21ClN2O2S/c1-6-12-8-13-9-14(10-15(20)16(13)21-11-12)24-18(25-5)17(23)22-19(3,4)7-2/h1,8-11,18H,7H2,2-5H3,(H,22,23). The van der Waals surface area contributed by atoms with Crippen molar-refractivity contribution in [1.82, 2.24) is 10.3 Å². The first kappa shape index (κ1) is 19.4. The Bertz CT molecular complexity index is 830. The van der Waals surface area contributed by atoms with E-state index in [0.29, 0.717) is 21.9 Å². The molecule has 25 heavy (non-hydrogen) atoms. The number of carbonyl (C=O) groups excluding carboxylic acids is 1. The highest BCUT2D eigenvalue weighted by atomic mass is 35.5. The van der Waals surface area contributed by atoms with Crippen LogP contribution in [0.1, 0.15) is 32.8 Å².